The average molecular weight is 451 g/mol. The molecule has 7 atom stereocenters. The largest absolute Gasteiger partial charge is 0.387 e. The summed E-state index contributed by atoms with van der Waals surface area (Å²) in [6.45, 7) is 9.04. The molecular formula is C24H34O6S. The summed E-state index contributed by atoms with van der Waals surface area (Å²) < 4.78 is 30.4. The summed E-state index contributed by atoms with van der Waals surface area (Å²) in [7, 11) is -1.11. The summed E-state index contributed by atoms with van der Waals surface area (Å²) >= 11 is 0. The van der Waals surface area contributed by atoms with Gasteiger partial charge in [-0.25, -0.2) is 0 Å². The lowest BCUT2D eigenvalue weighted by Crippen LogP contribution is -2.65. The second kappa shape index (κ2) is 9.25. The Kier molecular flexibility index (Phi) is 7.25. The molecule has 7 heteroatoms. The molecule has 2 N–H and O–H groups in total. The molecule has 0 saturated carbocycles. The van der Waals surface area contributed by atoms with E-state index in [1.807, 2.05) is 44.2 Å². The van der Waals surface area contributed by atoms with Crippen LogP contribution in [0.5, 0.6) is 0 Å². The Balaban J connectivity index is 1.71. The zero-order chi connectivity index (χ0) is 22.9. The van der Waals surface area contributed by atoms with Crippen LogP contribution in [0.2, 0.25) is 0 Å². The van der Waals surface area contributed by atoms with Gasteiger partial charge in [0.1, 0.15) is 11.7 Å². The number of hydrogen-bond acceptors (Lipinski definition) is 6. The Morgan fingerprint density at radius 1 is 1.13 bits per heavy atom. The average Bonchev–Trinajstić information content (AvgIpc) is 2.92. The quantitative estimate of drug-likeness (QED) is 0.620. The van der Waals surface area contributed by atoms with Crippen LogP contribution in [-0.2, 0) is 25.0 Å². The summed E-state index contributed by atoms with van der Waals surface area (Å²) in [6.07, 6.45) is 4.63. The van der Waals surface area contributed by atoms with Gasteiger partial charge in [-0.2, -0.15) is 0 Å². The van der Waals surface area contributed by atoms with Gasteiger partial charge in [-0.3, -0.25) is 4.21 Å². The van der Waals surface area contributed by atoms with Crippen molar-refractivity contribution in [2.24, 2.45) is 5.41 Å². The van der Waals surface area contributed by atoms with Crippen molar-refractivity contribution < 1.29 is 28.6 Å². The van der Waals surface area contributed by atoms with Crippen LogP contribution in [0.3, 0.4) is 0 Å². The van der Waals surface area contributed by atoms with Crippen molar-refractivity contribution >= 4 is 10.8 Å². The number of aliphatic hydroxyl groups excluding tert-OH is 1. The van der Waals surface area contributed by atoms with Gasteiger partial charge < -0.3 is 24.4 Å². The number of fused-ring (bicyclic) bond motifs is 1. The second-order valence-corrected chi connectivity index (χ2v) is 10.5. The maximum absolute atomic E-state index is 12.3. The zero-order valence-corrected chi connectivity index (χ0v) is 19.7. The maximum Gasteiger partial charge on any atom is 0.172 e. The van der Waals surface area contributed by atoms with Crippen LogP contribution in [0.4, 0.5) is 0 Å². The van der Waals surface area contributed by atoms with Crippen LogP contribution >= 0.6 is 0 Å². The molecule has 2 aliphatic rings. The molecule has 31 heavy (non-hydrogen) atoms. The number of rotatable bonds is 7. The van der Waals surface area contributed by atoms with Gasteiger partial charge in [-0.15, -0.1) is 0 Å². The van der Waals surface area contributed by atoms with Crippen LogP contribution < -0.4 is 0 Å². The Morgan fingerprint density at radius 2 is 1.81 bits per heavy atom. The van der Waals surface area contributed by atoms with E-state index in [9.17, 15) is 14.4 Å². The molecule has 2 aliphatic heterocycles. The van der Waals surface area contributed by atoms with E-state index in [4.69, 9.17) is 14.2 Å². The van der Waals surface area contributed by atoms with Crippen molar-refractivity contribution in [2.75, 3.05) is 5.75 Å². The predicted molar refractivity (Wildman–Crippen MR) is 120 cm³/mol. The lowest BCUT2D eigenvalue weighted by Gasteiger charge is -2.53. The molecule has 1 unspecified atom stereocenters. The predicted octanol–water partition coefficient (Wildman–Crippen LogP) is 3.31. The molecule has 1 aromatic rings. The van der Waals surface area contributed by atoms with E-state index in [1.165, 1.54) is 0 Å². The van der Waals surface area contributed by atoms with Crippen molar-refractivity contribution in [3.8, 4) is 0 Å². The fraction of sp³-hybridized carbons (Fsp3) is 0.583. The number of aliphatic hydroxyl groups is 2. The van der Waals surface area contributed by atoms with E-state index in [0.29, 0.717) is 12.2 Å². The molecule has 0 aromatic heterocycles. The van der Waals surface area contributed by atoms with Crippen LogP contribution in [0, 0.1) is 5.41 Å². The van der Waals surface area contributed by atoms with Gasteiger partial charge in [0.2, 0.25) is 0 Å². The highest BCUT2D eigenvalue weighted by atomic mass is 32.2. The van der Waals surface area contributed by atoms with E-state index >= 15 is 0 Å². The van der Waals surface area contributed by atoms with Crippen molar-refractivity contribution in [2.45, 2.75) is 81.9 Å². The monoisotopic (exact) mass is 450 g/mol. The van der Waals surface area contributed by atoms with Gasteiger partial charge in [-0.05, 0) is 46.2 Å². The van der Waals surface area contributed by atoms with Crippen molar-refractivity contribution in [3.05, 3.63) is 54.6 Å². The van der Waals surface area contributed by atoms with Crippen molar-refractivity contribution in [1.29, 1.82) is 0 Å². The van der Waals surface area contributed by atoms with E-state index in [1.54, 1.807) is 45.1 Å². The Hall–Kier alpha value is -1.35. The van der Waals surface area contributed by atoms with Gasteiger partial charge in [-0.1, -0.05) is 49.4 Å². The Labute approximate surface area is 187 Å². The third kappa shape index (κ3) is 4.72. The van der Waals surface area contributed by atoms with Crippen LogP contribution in [0.1, 0.15) is 41.0 Å². The lowest BCUT2D eigenvalue weighted by atomic mass is 9.66. The molecule has 1 aromatic carbocycles. The van der Waals surface area contributed by atoms with Gasteiger partial charge in [0.05, 0.1) is 28.4 Å². The highest BCUT2D eigenvalue weighted by molar-refractivity contribution is 7.85. The fourth-order valence-corrected chi connectivity index (χ4v) is 5.32. The molecule has 0 radical (unpaired) electrons. The van der Waals surface area contributed by atoms with Crippen LogP contribution in [-0.4, -0.2) is 56.2 Å². The summed E-state index contributed by atoms with van der Waals surface area (Å²) in [5.74, 6) is -0.587. The molecule has 2 saturated heterocycles. The van der Waals surface area contributed by atoms with E-state index in [2.05, 4.69) is 0 Å². The Morgan fingerprint density at radius 3 is 2.45 bits per heavy atom. The molecule has 2 heterocycles. The minimum atomic E-state index is -1.25. The van der Waals surface area contributed by atoms with Gasteiger partial charge in [0.25, 0.3) is 0 Å². The molecule has 0 amide bonds. The van der Waals surface area contributed by atoms with E-state index in [-0.39, 0.29) is 0 Å². The van der Waals surface area contributed by atoms with Gasteiger partial charge in [0.15, 0.2) is 12.1 Å². The van der Waals surface area contributed by atoms with Gasteiger partial charge in [0, 0.05) is 10.6 Å². The second-order valence-electron chi connectivity index (χ2n) is 8.98. The summed E-state index contributed by atoms with van der Waals surface area (Å²) in [4.78, 5) is 0.780. The molecular weight excluding hydrogens is 416 g/mol. The molecule has 0 bridgehead atoms. The summed E-state index contributed by atoms with van der Waals surface area (Å²) in [5.41, 5.74) is -2.21. The SMILES string of the molecule is CC[C@@H]1O[C@H]2OC(C)(C)O[C@H]([C@@H](O)/C=C/C=C/CS(=O)c3ccccc3)[C@@]2(C)[C@]1(C)O. The fourth-order valence-electron chi connectivity index (χ4n) is 4.38. The minimum absolute atomic E-state index is 0.381. The minimum Gasteiger partial charge on any atom is -0.387 e. The molecule has 0 aliphatic carbocycles. The van der Waals surface area contributed by atoms with E-state index in [0.717, 1.165) is 4.90 Å². The topological polar surface area (TPSA) is 85.2 Å². The standard InChI is InChI=1S/C24H34O6S/c1-6-19-24(5,26)23(4)20(29-22(2,3)30-21(23)28-19)18(25)15-11-8-12-16-31(27)17-13-9-7-10-14-17/h7-15,18-21,25-26H,6,16H2,1-5H3/b12-8+,15-11+/t18-,19-,20+,21-,23+,24+,31?/m0/s1. The lowest BCUT2D eigenvalue weighted by molar-refractivity contribution is -0.395. The first-order valence-corrected chi connectivity index (χ1v) is 12.0. The van der Waals surface area contributed by atoms with Crippen LogP contribution in [0.25, 0.3) is 0 Å². The summed E-state index contributed by atoms with van der Waals surface area (Å²) in [5, 5.41) is 22.3. The first-order valence-electron chi connectivity index (χ1n) is 10.7. The van der Waals surface area contributed by atoms with E-state index < -0.39 is 52.2 Å². The van der Waals surface area contributed by atoms with Crippen LogP contribution in [0.15, 0.2) is 59.5 Å². The highest BCUT2D eigenvalue weighted by Gasteiger charge is 2.69. The van der Waals surface area contributed by atoms with Gasteiger partial charge >= 0.3 is 0 Å². The molecule has 6 nitrogen and oxygen atoms in total. The molecule has 172 valence electrons. The maximum atomic E-state index is 12.3. The highest BCUT2D eigenvalue weighted by Crippen LogP contribution is 2.56. The first-order chi connectivity index (χ1) is 14.5. The smallest absolute Gasteiger partial charge is 0.172 e. The molecule has 0 spiro atoms. The zero-order valence-electron chi connectivity index (χ0n) is 18.9. The Bertz CT molecular complexity index is 834. The third-order valence-electron chi connectivity index (χ3n) is 6.38. The molecule has 2 fully saturated rings. The number of benzene rings is 1. The third-order valence-corrected chi connectivity index (χ3v) is 7.67. The summed E-state index contributed by atoms with van der Waals surface area (Å²) in [6, 6.07) is 9.29. The van der Waals surface area contributed by atoms with Crippen molar-refractivity contribution in [3.63, 3.8) is 0 Å². The normalized spacial score (nSPS) is 37.2. The number of hydrogen-bond donors (Lipinski definition) is 2. The first kappa shape index (κ1) is 24.3. The number of ether oxygens (including phenoxy) is 3. The molecule has 3 rings (SSSR count). The number of allylic oxidation sites excluding steroid dienone is 2. The van der Waals surface area contributed by atoms with Crippen molar-refractivity contribution in [1.82, 2.24) is 0 Å².